The van der Waals surface area contributed by atoms with Crippen LogP contribution in [0.3, 0.4) is 0 Å². The first-order chi connectivity index (χ1) is 16.2. The molecule has 1 aliphatic rings. The van der Waals surface area contributed by atoms with Crippen LogP contribution < -0.4 is 5.32 Å². The third kappa shape index (κ3) is 5.30. The summed E-state index contributed by atoms with van der Waals surface area (Å²) in [7, 11) is -4.00. The van der Waals surface area contributed by atoms with Crippen molar-refractivity contribution in [1.82, 2.24) is 14.5 Å². The van der Waals surface area contributed by atoms with E-state index in [1.807, 2.05) is 38.1 Å². The van der Waals surface area contributed by atoms with Gasteiger partial charge in [-0.2, -0.15) is 0 Å². The molecule has 0 fully saturated rings. The molecule has 0 aromatic heterocycles. The second-order valence-corrected chi connectivity index (χ2v) is 10.2. The molecule has 1 aliphatic heterocycles. The number of amides is 3. The van der Waals surface area contributed by atoms with E-state index in [-0.39, 0.29) is 35.9 Å². The Morgan fingerprint density at radius 2 is 1.76 bits per heavy atom. The van der Waals surface area contributed by atoms with Gasteiger partial charge in [-0.3, -0.25) is 14.4 Å². The molecule has 9 heteroatoms. The summed E-state index contributed by atoms with van der Waals surface area (Å²) in [6.07, 6.45) is 1.54. The van der Waals surface area contributed by atoms with E-state index in [4.69, 9.17) is 0 Å². The molecule has 1 atom stereocenters. The molecule has 1 unspecified atom stereocenters. The van der Waals surface area contributed by atoms with Crippen LogP contribution in [0, 0.1) is 6.92 Å². The largest absolute Gasteiger partial charge is 0.354 e. The molecule has 0 saturated carbocycles. The zero-order chi connectivity index (χ0) is 24.9. The fourth-order valence-corrected chi connectivity index (χ4v) is 5.45. The minimum atomic E-state index is -4.00. The molecular weight excluding hydrogens is 454 g/mol. The Balaban J connectivity index is 1.78. The van der Waals surface area contributed by atoms with Crippen molar-refractivity contribution >= 4 is 27.7 Å². The van der Waals surface area contributed by atoms with Gasteiger partial charge in [0.2, 0.25) is 11.8 Å². The number of benzene rings is 2. The van der Waals surface area contributed by atoms with E-state index in [1.54, 1.807) is 19.1 Å². The molecule has 34 heavy (non-hydrogen) atoms. The lowest BCUT2D eigenvalue weighted by Gasteiger charge is -2.30. The lowest BCUT2D eigenvalue weighted by Crippen LogP contribution is -2.48. The Morgan fingerprint density at radius 3 is 2.44 bits per heavy atom. The van der Waals surface area contributed by atoms with Gasteiger partial charge in [-0.1, -0.05) is 49.7 Å². The summed E-state index contributed by atoms with van der Waals surface area (Å²) >= 11 is 0. The number of hydrogen-bond acceptors (Lipinski definition) is 5. The van der Waals surface area contributed by atoms with E-state index in [0.29, 0.717) is 6.54 Å². The van der Waals surface area contributed by atoms with Crippen LogP contribution in [-0.2, 0) is 26.2 Å². The van der Waals surface area contributed by atoms with E-state index in [9.17, 15) is 22.8 Å². The van der Waals surface area contributed by atoms with E-state index in [1.165, 1.54) is 17.0 Å². The minimum absolute atomic E-state index is 0.0483. The average molecular weight is 486 g/mol. The van der Waals surface area contributed by atoms with E-state index in [0.717, 1.165) is 28.3 Å². The van der Waals surface area contributed by atoms with Gasteiger partial charge in [0.25, 0.3) is 15.9 Å². The molecule has 1 N–H and O–H groups in total. The van der Waals surface area contributed by atoms with Crippen LogP contribution in [0.5, 0.6) is 0 Å². The number of hydrogen-bond donors (Lipinski definition) is 1. The zero-order valence-corrected chi connectivity index (χ0v) is 20.6. The predicted octanol–water partition coefficient (Wildman–Crippen LogP) is 2.86. The number of carbonyl (C=O) groups is 3. The monoisotopic (exact) mass is 485 g/mol. The van der Waals surface area contributed by atoms with Crippen molar-refractivity contribution < 1.29 is 22.8 Å². The van der Waals surface area contributed by atoms with Gasteiger partial charge in [0.05, 0.1) is 5.56 Å². The number of fused-ring (bicyclic) bond motifs is 1. The zero-order valence-electron chi connectivity index (χ0n) is 19.8. The summed E-state index contributed by atoms with van der Waals surface area (Å²) in [5.74, 6) is -1.31. The van der Waals surface area contributed by atoms with Crippen molar-refractivity contribution in [3.63, 3.8) is 0 Å². The fraction of sp³-hybridized carbons (Fsp3) is 0.400. The molecule has 3 amide bonds. The summed E-state index contributed by atoms with van der Waals surface area (Å²) in [6.45, 7) is 6.04. The lowest BCUT2D eigenvalue weighted by atomic mass is 10.1. The van der Waals surface area contributed by atoms with E-state index < -0.39 is 27.9 Å². The first-order valence-electron chi connectivity index (χ1n) is 11.5. The highest BCUT2D eigenvalue weighted by molar-refractivity contribution is 7.90. The summed E-state index contributed by atoms with van der Waals surface area (Å²) in [4.78, 5) is 40.1. The average Bonchev–Trinajstić information content (AvgIpc) is 3.01. The summed E-state index contributed by atoms with van der Waals surface area (Å²) < 4.78 is 26.4. The molecule has 2 aromatic carbocycles. The molecule has 0 aliphatic carbocycles. The number of aryl methyl sites for hydroxylation is 1. The third-order valence-electron chi connectivity index (χ3n) is 6.04. The van der Waals surface area contributed by atoms with Crippen molar-refractivity contribution in [2.75, 3.05) is 13.1 Å². The van der Waals surface area contributed by atoms with Gasteiger partial charge in [0, 0.05) is 26.1 Å². The third-order valence-corrected chi connectivity index (χ3v) is 7.88. The van der Waals surface area contributed by atoms with Crippen molar-refractivity contribution in [1.29, 1.82) is 0 Å². The normalized spacial score (nSPS) is 15.0. The number of sulfonamides is 1. The second kappa shape index (κ2) is 10.8. The summed E-state index contributed by atoms with van der Waals surface area (Å²) in [5, 5.41) is 2.86. The second-order valence-electron chi connectivity index (χ2n) is 8.40. The van der Waals surface area contributed by atoms with Gasteiger partial charge >= 0.3 is 0 Å². The maximum atomic E-state index is 13.3. The highest BCUT2D eigenvalue weighted by atomic mass is 32.2. The van der Waals surface area contributed by atoms with Crippen LogP contribution in [0.1, 0.15) is 54.6 Å². The van der Waals surface area contributed by atoms with Crippen molar-refractivity contribution in [2.24, 2.45) is 0 Å². The van der Waals surface area contributed by atoms with Crippen molar-refractivity contribution in [3.05, 3.63) is 65.2 Å². The molecule has 8 nitrogen and oxygen atoms in total. The number of nitrogens with zero attached hydrogens (tertiary/aromatic N) is 2. The molecular formula is C25H31N3O5S. The molecule has 2 aromatic rings. The molecule has 3 rings (SSSR count). The van der Waals surface area contributed by atoms with Gasteiger partial charge < -0.3 is 10.2 Å². The standard InChI is InChI=1S/C25H31N3O5S/c1-4-5-15-26-24(30)19(3)27(17-20-11-7-6-10-18(20)2)23(29)14-16-28-25(31)21-12-8-9-13-22(21)34(28,32)33/h6-13,19H,4-5,14-17H2,1-3H3,(H,26,30). The number of rotatable bonds is 10. The van der Waals surface area contributed by atoms with Crippen molar-refractivity contribution in [2.45, 2.75) is 57.5 Å². The maximum absolute atomic E-state index is 13.3. The minimum Gasteiger partial charge on any atom is -0.354 e. The fourth-order valence-electron chi connectivity index (χ4n) is 3.88. The van der Waals surface area contributed by atoms with E-state index >= 15 is 0 Å². The number of nitrogens with one attached hydrogen (secondary N) is 1. The summed E-state index contributed by atoms with van der Waals surface area (Å²) in [5.41, 5.74) is 1.98. The first-order valence-corrected chi connectivity index (χ1v) is 12.9. The number of carbonyl (C=O) groups excluding carboxylic acids is 3. The molecule has 0 spiro atoms. The van der Waals surface area contributed by atoms with E-state index in [2.05, 4.69) is 5.32 Å². The van der Waals surface area contributed by atoms with Crippen LogP contribution in [0.2, 0.25) is 0 Å². The van der Waals surface area contributed by atoms with Gasteiger partial charge in [0.1, 0.15) is 10.9 Å². The Labute approximate surface area is 201 Å². The van der Waals surface area contributed by atoms with Crippen LogP contribution in [0.4, 0.5) is 0 Å². The Morgan fingerprint density at radius 1 is 1.09 bits per heavy atom. The highest BCUT2D eigenvalue weighted by Crippen LogP contribution is 2.30. The smallest absolute Gasteiger partial charge is 0.269 e. The van der Waals surface area contributed by atoms with Gasteiger partial charge in [0.15, 0.2) is 0 Å². The van der Waals surface area contributed by atoms with Crippen molar-refractivity contribution in [3.8, 4) is 0 Å². The first kappa shape index (κ1) is 25.4. The SMILES string of the molecule is CCCCNC(=O)C(C)N(Cc1ccccc1C)C(=O)CCN1C(=O)c2ccccc2S1(=O)=O. The topological polar surface area (TPSA) is 104 Å². The molecule has 182 valence electrons. The van der Waals surface area contributed by atoms with Crippen LogP contribution in [-0.4, -0.2) is 54.5 Å². The van der Waals surface area contributed by atoms with Crippen LogP contribution >= 0.6 is 0 Å². The summed E-state index contributed by atoms with van der Waals surface area (Å²) in [6, 6.07) is 12.8. The Bertz CT molecular complexity index is 1180. The maximum Gasteiger partial charge on any atom is 0.269 e. The lowest BCUT2D eigenvalue weighted by molar-refractivity contribution is -0.140. The molecule has 0 saturated heterocycles. The predicted molar refractivity (Wildman–Crippen MR) is 128 cm³/mol. The molecule has 0 bridgehead atoms. The van der Waals surface area contributed by atoms with Crippen LogP contribution in [0.15, 0.2) is 53.4 Å². The van der Waals surface area contributed by atoms with Gasteiger partial charge in [-0.15, -0.1) is 0 Å². The Hall–Kier alpha value is -3.20. The van der Waals surface area contributed by atoms with Gasteiger partial charge in [-0.25, -0.2) is 12.7 Å². The highest BCUT2D eigenvalue weighted by Gasteiger charge is 2.41. The quantitative estimate of drug-likeness (QED) is 0.521. The Kier molecular flexibility index (Phi) is 8.09. The van der Waals surface area contributed by atoms with Gasteiger partial charge in [-0.05, 0) is 43.5 Å². The molecule has 1 heterocycles. The molecule has 0 radical (unpaired) electrons. The van der Waals surface area contributed by atoms with Crippen LogP contribution in [0.25, 0.3) is 0 Å². The number of unbranched alkanes of at least 4 members (excludes halogenated alkanes) is 1.